The lowest BCUT2D eigenvalue weighted by Gasteiger charge is -2.30. The molecule has 0 aromatic carbocycles. The molecule has 1 fully saturated rings. The minimum absolute atomic E-state index is 0.426. The fourth-order valence-electron chi connectivity index (χ4n) is 1.86. The van der Waals surface area contributed by atoms with Gasteiger partial charge in [0.2, 0.25) is 0 Å². The maximum absolute atomic E-state index is 5.77. The molecule has 0 radical (unpaired) electrons. The Bertz CT molecular complexity index is 300. The lowest BCUT2D eigenvalue weighted by molar-refractivity contribution is 0.346. The summed E-state index contributed by atoms with van der Waals surface area (Å²) >= 11 is 1.80. The van der Waals surface area contributed by atoms with Crippen LogP contribution in [0.4, 0.5) is 0 Å². The van der Waals surface area contributed by atoms with Crippen LogP contribution in [-0.4, -0.2) is 11.0 Å². The Morgan fingerprint density at radius 1 is 1.57 bits per heavy atom. The quantitative estimate of drug-likeness (QED) is 0.832. The Labute approximate surface area is 89.5 Å². The van der Waals surface area contributed by atoms with E-state index in [-0.39, 0.29) is 0 Å². The van der Waals surface area contributed by atoms with E-state index < -0.39 is 0 Å². The number of rotatable bonds is 3. The Balaban J connectivity index is 1.96. The van der Waals surface area contributed by atoms with Gasteiger partial charge in [0.15, 0.2) is 0 Å². The molecule has 0 spiro atoms. The molecule has 2 N–H and O–H groups in total. The van der Waals surface area contributed by atoms with Gasteiger partial charge in [-0.3, -0.25) is 0 Å². The van der Waals surface area contributed by atoms with Gasteiger partial charge in [0.25, 0.3) is 0 Å². The molecule has 0 atom stereocenters. The van der Waals surface area contributed by atoms with Gasteiger partial charge in [-0.15, -0.1) is 11.3 Å². The van der Waals surface area contributed by atoms with Crippen molar-refractivity contribution < 1.29 is 0 Å². The zero-order valence-corrected chi connectivity index (χ0v) is 9.68. The smallest absolute Gasteiger partial charge is 0.0930 e. The van der Waals surface area contributed by atoms with E-state index in [9.17, 15) is 0 Å². The number of hydrogen-bond acceptors (Lipinski definition) is 3. The summed E-state index contributed by atoms with van der Waals surface area (Å²) in [5.74, 6) is 1.36. The summed E-state index contributed by atoms with van der Waals surface area (Å²) in [4.78, 5) is 4.67. The van der Waals surface area contributed by atoms with E-state index in [1.807, 2.05) is 0 Å². The van der Waals surface area contributed by atoms with Gasteiger partial charge in [-0.2, -0.15) is 0 Å². The molecule has 2 rings (SSSR count). The highest BCUT2D eigenvalue weighted by molar-refractivity contribution is 7.09. The molecule has 0 saturated heterocycles. The number of aromatic nitrogens is 1. The molecule has 1 aliphatic rings. The largest absolute Gasteiger partial charge is 0.328 e. The molecule has 1 heterocycles. The zero-order chi connectivity index (χ0) is 10.1. The first-order valence-corrected chi connectivity index (χ1v) is 6.23. The normalized spacial score (nSPS) is 26.6. The molecule has 1 aromatic heterocycles. The fraction of sp³-hybridized carbons (Fsp3) is 0.727. The van der Waals surface area contributed by atoms with E-state index >= 15 is 0 Å². The average molecular weight is 210 g/mol. The molecule has 14 heavy (non-hydrogen) atoms. The monoisotopic (exact) mass is 210 g/mol. The molecule has 1 saturated carbocycles. The van der Waals surface area contributed by atoms with Crippen LogP contribution >= 0.6 is 11.3 Å². The van der Waals surface area contributed by atoms with Crippen LogP contribution in [0.25, 0.3) is 0 Å². The van der Waals surface area contributed by atoms with Gasteiger partial charge in [0, 0.05) is 23.8 Å². The third-order valence-corrected chi connectivity index (χ3v) is 3.63. The van der Waals surface area contributed by atoms with Gasteiger partial charge < -0.3 is 5.73 Å². The summed E-state index contributed by atoms with van der Waals surface area (Å²) in [7, 11) is 0. The third-order valence-electron chi connectivity index (χ3n) is 2.75. The maximum atomic E-state index is 5.77. The lowest BCUT2D eigenvalue weighted by Crippen LogP contribution is -2.34. The average Bonchev–Trinajstić information content (AvgIpc) is 2.46. The van der Waals surface area contributed by atoms with Crippen LogP contribution in [0.2, 0.25) is 0 Å². The Morgan fingerprint density at radius 3 is 2.86 bits per heavy atom. The standard InChI is InChI=1S/C11H18N2S/c1-7(2)3-11-13-10(6-14-11)8-4-9(12)5-8/h6-9H,3-5,12H2,1-2H3. The SMILES string of the molecule is CC(C)Cc1nc(C2CC(N)C2)cs1. The predicted octanol–water partition coefficient (Wildman–Crippen LogP) is 2.55. The topological polar surface area (TPSA) is 38.9 Å². The molecular formula is C11H18N2S. The van der Waals surface area contributed by atoms with E-state index in [0.717, 1.165) is 19.3 Å². The van der Waals surface area contributed by atoms with E-state index in [1.165, 1.54) is 10.7 Å². The molecule has 0 amide bonds. The first kappa shape index (κ1) is 10.1. The van der Waals surface area contributed by atoms with E-state index in [2.05, 4.69) is 24.2 Å². The number of nitrogens with zero attached hydrogens (tertiary/aromatic N) is 1. The van der Waals surface area contributed by atoms with Crippen molar-refractivity contribution in [1.29, 1.82) is 0 Å². The van der Waals surface area contributed by atoms with Crippen molar-refractivity contribution in [3.63, 3.8) is 0 Å². The van der Waals surface area contributed by atoms with Gasteiger partial charge in [0.05, 0.1) is 10.7 Å². The molecule has 0 aliphatic heterocycles. The van der Waals surface area contributed by atoms with Crippen LogP contribution < -0.4 is 5.73 Å². The van der Waals surface area contributed by atoms with Crippen LogP contribution in [0.15, 0.2) is 5.38 Å². The Morgan fingerprint density at radius 2 is 2.29 bits per heavy atom. The predicted molar refractivity (Wildman–Crippen MR) is 60.6 cm³/mol. The minimum Gasteiger partial charge on any atom is -0.328 e. The van der Waals surface area contributed by atoms with E-state index in [1.54, 1.807) is 11.3 Å². The van der Waals surface area contributed by atoms with Crippen LogP contribution in [0.5, 0.6) is 0 Å². The first-order valence-electron chi connectivity index (χ1n) is 5.35. The molecular weight excluding hydrogens is 192 g/mol. The molecule has 1 aliphatic carbocycles. The van der Waals surface area contributed by atoms with Crippen molar-refractivity contribution >= 4 is 11.3 Å². The second-order valence-corrected chi connectivity index (χ2v) is 5.64. The number of nitrogens with two attached hydrogens (primary N) is 1. The van der Waals surface area contributed by atoms with E-state index in [4.69, 9.17) is 5.73 Å². The van der Waals surface area contributed by atoms with Gasteiger partial charge in [0.1, 0.15) is 0 Å². The molecule has 2 nitrogen and oxygen atoms in total. The van der Waals surface area contributed by atoms with Crippen molar-refractivity contribution in [1.82, 2.24) is 4.98 Å². The Kier molecular flexibility index (Phi) is 2.88. The van der Waals surface area contributed by atoms with Crippen molar-refractivity contribution in [3.8, 4) is 0 Å². The van der Waals surface area contributed by atoms with Crippen molar-refractivity contribution in [2.45, 2.75) is 45.1 Å². The number of hydrogen-bond donors (Lipinski definition) is 1. The highest BCUT2D eigenvalue weighted by Crippen LogP contribution is 2.36. The molecule has 0 unspecified atom stereocenters. The second-order valence-electron chi connectivity index (χ2n) is 4.69. The minimum atomic E-state index is 0.426. The summed E-state index contributed by atoms with van der Waals surface area (Å²) in [6.07, 6.45) is 3.37. The van der Waals surface area contributed by atoms with Crippen molar-refractivity contribution in [3.05, 3.63) is 16.1 Å². The molecule has 3 heteroatoms. The summed E-state index contributed by atoms with van der Waals surface area (Å²) in [5, 5.41) is 3.50. The Hall–Kier alpha value is -0.410. The molecule has 0 bridgehead atoms. The van der Waals surface area contributed by atoms with Gasteiger partial charge >= 0.3 is 0 Å². The van der Waals surface area contributed by atoms with Crippen LogP contribution in [0.1, 0.15) is 43.3 Å². The summed E-state index contributed by atoms with van der Waals surface area (Å²) in [6.45, 7) is 4.47. The summed E-state index contributed by atoms with van der Waals surface area (Å²) < 4.78 is 0. The summed E-state index contributed by atoms with van der Waals surface area (Å²) in [5.41, 5.74) is 7.05. The summed E-state index contributed by atoms with van der Waals surface area (Å²) in [6, 6.07) is 0.426. The van der Waals surface area contributed by atoms with Crippen LogP contribution in [0, 0.1) is 5.92 Å². The van der Waals surface area contributed by atoms with E-state index in [0.29, 0.717) is 17.9 Å². The fourth-order valence-corrected chi connectivity index (χ4v) is 2.95. The van der Waals surface area contributed by atoms with Gasteiger partial charge in [-0.05, 0) is 18.8 Å². The first-order chi connectivity index (χ1) is 6.65. The van der Waals surface area contributed by atoms with Crippen molar-refractivity contribution in [2.75, 3.05) is 0 Å². The van der Waals surface area contributed by atoms with Crippen LogP contribution in [0.3, 0.4) is 0 Å². The molecule has 78 valence electrons. The van der Waals surface area contributed by atoms with Gasteiger partial charge in [-0.25, -0.2) is 4.98 Å². The third kappa shape index (κ3) is 2.15. The highest BCUT2D eigenvalue weighted by Gasteiger charge is 2.29. The van der Waals surface area contributed by atoms with Gasteiger partial charge in [-0.1, -0.05) is 13.8 Å². The molecule has 1 aromatic rings. The zero-order valence-electron chi connectivity index (χ0n) is 8.86. The maximum Gasteiger partial charge on any atom is 0.0930 e. The van der Waals surface area contributed by atoms with Crippen LogP contribution in [-0.2, 0) is 6.42 Å². The highest BCUT2D eigenvalue weighted by atomic mass is 32.1. The van der Waals surface area contributed by atoms with Crippen molar-refractivity contribution in [2.24, 2.45) is 11.7 Å². The second kappa shape index (κ2) is 3.99. The lowest BCUT2D eigenvalue weighted by atomic mass is 9.79. The number of thiazole rings is 1.